The Labute approximate surface area is 847 Å². The SMILES string of the molecule is CC1(C)c2ccccc2-c2ccc(N(c3ccc(-c4ccccc4)cc3)c3ccc(-c4cccc5ccccc45)c(-c4ccccc4)c3)cc21.CC1(C)c2ccccc2-c2ccc(N(c3ccc(-c4ccccc4)cc3)c3ccc(-c4ccccc4)c(-c4ccccc4)c3)cc21.c1ccc(-c2ccc(N(c3ccc(-c4cccc5c4sc4ccccc45)c(-c4ccccc4)c3)c3cccc4ccccc34)cc2)cc1. The third-order valence-electron chi connectivity index (χ3n) is 29.3. The standard InChI is InChI=1S/C49H37N.C46H31NS.C45H35N/c1-49(2)47-23-12-11-21-44(47)45-31-29-40(33-48(45)49)50(38-26-24-35(25-27-38)34-14-5-3-6-15-34)39-28-30-43(46(32-39)37-16-7-4-8-17-37)42-22-13-19-36-18-9-10-20-41(36)42;1-3-13-32(14-4-1)33-25-27-36(28-26-33)47(44-23-11-18-34-17-7-8-19-38(34)44)37-29-30-39(43(31-37)35-15-5-2-6-16-35)41-21-12-22-42-40-20-9-10-24-45(40)48-46(41)42;1-45(2)43-21-13-12-20-40(43)41-29-27-38(31-44(41)45)46(36-24-22-33(23-25-36)32-14-6-3-7-15-32)37-26-28-39(34-16-8-4-9-17-34)42(30-37)35-18-10-5-11-19-35/h3-33H,1-2H3;1-31H;3-31H,1-2H3. The second-order valence-electron chi connectivity index (χ2n) is 38.5. The predicted octanol–water partition coefficient (Wildman–Crippen LogP) is 39.8. The van der Waals surface area contributed by atoms with Crippen molar-refractivity contribution in [1.82, 2.24) is 0 Å². The normalized spacial score (nSPS) is 12.3. The molecule has 0 spiro atoms. The van der Waals surface area contributed by atoms with E-state index in [0.717, 1.165) is 51.2 Å². The fourth-order valence-electron chi connectivity index (χ4n) is 22.0. The highest BCUT2D eigenvalue weighted by molar-refractivity contribution is 7.26. The molecule has 0 bridgehead atoms. The molecular formula is C140H103N3S. The molecule has 1 heterocycles. The predicted molar refractivity (Wildman–Crippen MR) is 615 cm³/mol. The van der Waals surface area contributed by atoms with Crippen LogP contribution >= 0.6 is 11.3 Å². The van der Waals surface area contributed by atoms with E-state index in [0.29, 0.717) is 0 Å². The Morgan fingerprint density at radius 3 is 0.875 bits per heavy atom. The van der Waals surface area contributed by atoms with Crippen molar-refractivity contribution < 1.29 is 0 Å². The van der Waals surface area contributed by atoms with E-state index in [2.05, 4.69) is 594 Å². The lowest BCUT2D eigenvalue weighted by Gasteiger charge is -2.29. The lowest BCUT2D eigenvalue weighted by Crippen LogP contribution is -2.16. The van der Waals surface area contributed by atoms with Gasteiger partial charge in [-0.3, -0.25) is 0 Å². The third kappa shape index (κ3) is 16.9. The van der Waals surface area contributed by atoms with Crippen LogP contribution in [0.4, 0.5) is 51.2 Å². The van der Waals surface area contributed by atoms with Gasteiger partial charge < -0.3 is 14.7 Å². The van der Waals surface area contributed by atoms with Crippen LogP contribution in [-0.4, -0.2) is 0 Å². The zero-order valence-electron chi connectivity index (χ0n) is 80.8. The Balaban J connectivity index is 0.000000116. The van der Waals surface area contributed by atoms with Gasteiger partial charge >= 0.3 is 0 Å². The van der Waals surface area contributed by atoms with Gasteiger partial charge in [-0.25, -0.2) is 0 Å². The van der Waals surface area contributed by atoms with Crippen molar-refractivity contribution >= 4 is 104 Å². The van der Waals surface area contributed by atoms with Crippen LogP contribution in [0.15, 0.2) is 552 Å². The molecule has 0 amide bonds. The zero-order chi connectivity index (χ0) is 96.6. The van der Waals surface area contributed by atoms with Gasteiger partial charge in [0.05, 0.1) is 5.69 Å². The van der Waals surface area contributed by atoms with E-state index in [1.807, 2.05) is 11.3 Å². The van der Waals surface area contributed by atoms with Gasteiger partial charge in [-0.1, -0.05) is 471 Å². The Bertz CT molecular complexity index is 8810. The number of fused-ring (bicyclic) bond motifs is 11. The summed E-state index contributed by atoms with van der Waals surface area (Å²) in [4.78, 5) is 7.25. The summed E-state index contributed by atoms with van der Waals surface area (Å²) in [7, 11) is 0. The highest BCUT2D eigenvalue weighted by atomic mass is 32.1. The molecule has 3 nitrogen and oxygen atoms in total. The number of thiophene rings is 1. The van der Waals surface area contributed by atoms with E-state index in [1.165, 1.54) is 186 Å². The summed E-state index contributed by atoms with van der Waals surface area (Å²) in [6.07, 6.45) is 0. The van der Waals surface area contributed by atoms with Gasteiger partial charge in [0, 0.05) is 87.5 Å². The monoisotopic (exact) mass is 1860 g/mol. The molecule has 144 heavy (non-hydrogen) atoms. The number of hydrogen-bond acceptors (Lipinski definition) is 4. The molecule has 684 valence electrons. The van der Waals surface area contributed by atoms with Crippen LogP contribution in [0.5, 0.6) is 0 Å². The first-order valence-electron chi connectivity index (χ1n) is 49.8. The van der Waals surface area contributed by atoms with E-state index in [4.69, 9.17) is 0 Å². The molecule has 1 aromatic heterocycles. The molecular weight excluding hydrogens is 1760 g/mol. The summed E-state index contributed by atoms with van der Waals surface area (Å²) in [6, 6.07) is 201. The molecule has 4 heteroatoms. The number of hydrogen-bond donors (Lipinski definition) is 0. The second-order valence-corrected chi connectivity index (χ2v) is 39.6. The highest BCUT2D eigenvalue weighted by Crippen LogP contribution is 2.56. The van der Waals surface area contributed by atoms with Crippen molar-refractivity contribution in [2.75, 3.05) is 14.7 Å². The third-order valence-corrected chi connectivity index (χ3v) is 30.5. The summed E-state index contributed by atoms with van der Waals surface area (Å²) in [5.74, 6) is 0. The molecule has 0 unspecified atom stereocenters. The fourth-order valence-corrected chi connectivity index (χ4v) is 23.3. The maximum Gasteiger partial charge on any atom is 0.0540 e. The van der Waals surface area contributed by atoms with E-state index < -0.39 is 0 Å². The molecule has 2 aliphatic carbocycles. The van der Waals surface area contributed by atoms with Gasteiger partial charge in [0.1, 0.15) is 0 Å². The van der Waals surface area contributed by atoms with E-state index in [9.17, 15) is 0 Å². The van der Waals surface area contributed by atoms with Crippen LogP contribution in [0.1, 0.15) is 49.9 Å². The van der Waals surface area contributed by atoms with Crippen molar-refractivity contribution in [1.29, 1.82) is 0 Å². The lowest BCUT2D eigenvalue weighted by molar-refractivity contribution is 0.660. The zero-order valence-corrected chi connectivity index (χ0v) is 81.6. The van der Waals surface area contributed by atoms with Crippen LogP contribution in [0, 0.1) is 0 Å². The van der Waals surface area contributed by atoms with Crippen molar-refractivity contribution in [3.63, 3.8) is 0 Å². The quantitative estimate of drug-likeness (QED) is 0.0848. The van der Waals surface area contributed by atoms with Crippen molar-refractivity contribution in [2.45, 2.75) is 38.5 Å². The topological polar surface area (TPSA) is 9.72 Å². The maximum absolute atomic E-state index is 2.42. The summed E-state index contributed by atoms with van der Waals surface area (Å²) >= 11 is 1.88. The van der Waals surface area contributed by atoms with Gasteiger partial charge in [-0.2, -0.15) is 0 Å². The average Bonchev–Trinajstić information content (AvgIpc) is 1.58. The van der Waals surface area contributed by atoms with Crippen LogP contribution in [0.25, 0.3) is 164 Å². The molecule has 26 rings (SSSR count). The summed E-state index contributed by atoms with van der Waals surface area (Å²) in [5, 5.41) is 7.57. The molecule has 24 aromatic rings. The smallest absolute Gasteiger partial charge is 0.0540 e. The number of rotatable bonds is 18. The van der Waals surface area contributed by atoms with E-state index >= 15 is 0 Å². The molecule has 0 saturated carbocycles. The molecule has 0 saturated heterocycles. The number of nitrogens with zero attached hydrogens (tertiary/aromatic N) is 3. The minimum atomic E-state index is -0.0990. The Hall–Kier alpha value is -17.8. The van der Waals surface area contributed by atoms with E-state index in [1.54, 1.807) is 0 Å². The Morgan fingerprint density at radius 1 is 0.153 bits per heavy atom. The molecule has 0 radical (unpaired) electrons. The molecule has 0 aliphatic heterocycles. The average molecular weight is 1860 g/mol. The molecule has 0 fully saturated rings. The second kappa shape index (κ2) is 38.4. The molecule has 0 N–H and O–H groups in total. The summed E-state index contributed by atoms with van der Waals surface area (Å²) in [6.45, 7) is 9.41. The summed E-state index contributed by atoms with van der Waals surface area (Å²) < 4.78 is 2.64. The Morgan fingerprint density at radius 2 is 0.424 bits per heavy atom. The molecule has 0 atom stereocenters. The van der Waals surface area contributed by atoms with Crippen LogP contribution in [0.2, 0.25) is 0 Å². The van der Waals surface area contributed by atoms with Crippen molar-refractivity contribution in [2.24, 2.45) is 0 Å². The van der Waals surface area contributed by atoms with Gasteiger partial charge in [0.2, 0.25) is 0 Å². The largest absolute Gasteiger partial charge is 0.310 e. The first-order valence-corrected chi connectivity index (χ1v) is 50.6. The number of benzene rings is 23. The van der Waals surface area contributed by atoms with Gasteiger partial charge in [0.15, 0.2) is 0 Å². The molecule has 23 aromatic carbocycles. The fraction of sp³-hybridized carbons (Fsp3) is 0.0429. The number of anilines is 9. The van der Waals surface area contributed by atoms with Crippen molar-refractivity contribution in [3.05, 3.63) is 574 Å². The Kier molecular flexibility index (Phi) is 23.7. The van der Waals surface area contributed by atoms with Crippen LogP contribution < -0.4 is 14.7 Å². The van der Waals surface area contributed by atoms with Gasteiger partial charge in [-0.05, 0) is 264 Å². The summed E-state index contributed by atoms with van der Waals surface area (Å²) in [5.41, 5.74) is 42.7. The highest BCUT2D eigenvalue weighted by Gasteiger charge is 2.38. The molecule has 2 aliphatic rings. The van der Waals surface area contributed by atoms with Gasteiger partial charge in [0.25, 0.3) is 0 Å². The van der Waals surface area contributed by atoms with Crippen LogP contribution in [-0.2, 0) is 10.8 Å². The lowest BCUT2D eigenvalue weighted by atomic mass is 9.82. The van der Waals surface area contributed by atoms with E-state index in [-0.39, 0.29) is 10.8 Å². The first kappa shape index (κ1) is 88.9. The maximum atomic E-state index is 2.42. The van der Waals surface area contributed by atoms with Crippen LogP contribution in [0.3, 0.4) is 0 Å². The van der Waals surface area contributed by atoms with Crippen molar-refractivity contribution in [3.8, 4) is 122 Å². The minimum Gasteiger partial charge on any atom is -0.310 e. The minimum absolute atomic E-state index is 0.0862. The van der Waals surface area contributed by atoms with Gasteiger partial charge in [-0.15, -0.1) is 11.3 Å². The first-order chi connectivity index (χ1) is 70.9.